The van der Waals surface area contributed by atoms with Crippen LogP contribution in [0.3, 0.4) is 0 Å². The third kappa shape index (κ3) is 3.91. The molecular weight excluding hydrogens is 300 g/mol. The standard InChI is InChI=1S/C20H26O2Si/c1-15(21)18-14-17(16-10-8-7-9-11-16)12-13-19(18)22-23(5,6)20(2,3)4/h7-14H,1-6H3. The van der Waals surface area contributed by atoms with E-state index in [1.54, 1.807) is 6.92 Å². The van der Waals surface area contributed by atoms with Crippen molar-refractivity contribution in [1.29, 1.82) is 0 Å². The third-order valence-corrected chi connectivity index (χ3v) is 8.98. The van der Waals surface area contributed by atoms with Gasteiger partial charge in [-0.1, -0.05) is 57.2 Å². The van der Waals surface area contributed by atoms with E-state index in [0.29, 0.717) is 11.3 Å². The topological polar surface area (TPSA) is 26.3 Å². The average molecular weight is 327 g/mol. The fourth-order valence-electron chi connectivity index (χ4n) is 2.13. The molecular formula is C20H26O2Si. The predicted octanol–water partition coefficient (Wildman–Crippen LogP) is 5.94. The van der Waals surface area contributed by atoms with E-state index >= 15 is 0 Å². The third-order valence-electron chi connectivity index (χ3n) is 4.64. The van der Waals surface area contributed by atoms with E-state index in [4.69, 9.17) is 4.43 Å². The van der Waals surface area contributed by atoms with E-state index in [-0.39, 0.29) is 10.8 Å². The Morgan fingerprint density at radius 1 is 0.957 bits per heavy atom. The van der Waals surface area contributed by atoms with Gasteiger partial charge in [0.25, 0.3) is 8.32 Å². The van der Waals surface area contributed by atoms with Crippen molar-refractivity contribution in [3.05, 3.63) is 54.1 Å². The Kier molecular flexibility index (Phi) is 4.80. The Morgan fingerprint density at radius 3 is 2.09 bits per heavy atom. The number of carbonyl (C=O) groups is 1. The first-order valence-electron chi connectivity index (χ1n) is 8.01. The van der Waals surface area contributed by atoms with Gasteiger partial charge in [-0.3, -0.25) is 4.79 Å². The van der Waals surface area contributed by atoms with Crippen LogP contribution in [-0.4, -0.2) is 14.1 Å². The van der Waals surface area contributed by atoms with Gasteiger partial charge in [0.1, 0.15) is 5.75 Å². The summed E-state index contributed by atoms with van der Waals surface area (Å²) in [4.78, 5) is 12.1. The van der Waals surface area contributed by atoms with Gasteiger partial charge >= 0.3 is 0 Å². The molecule has 0 bridgehead atoms. The number of hydrogen-bond acceptors (Lipinski definition) is 2. The number of Topliss-reactive ketones (excluding diaryl/α,β-unsaturated/α-hetero) is 1. The molecule has 2 nitrogen and oxygen atoms in total. The zero-order chi connectivity index (χ0) is 17.3. The second-order valence-corrected chi connectivity index (χ2v) is 12.2. The van der Waals surface area contributed by atoms with Crippen molar-refractivity contribution < 1.29 is 9.22 Å². The van der Waals surface area contributed by atoms with E-state index in [1.165, 1.54) is 0 Å². The molecule has 3 heteroatoms. The quantitative estimate of drug-likeness (QED) is 0.513. The maximum absolute atomic E-state index is 12.1. The number of hydrogen-bond donors (Lipinski definition) is 0. The van der Waals surface area contributed by atoms with Crippen molar-refractivity contribution in [2.24, 2.45) is 0 Å². The summed E-state index contributed by atoms with van der Waals surface area (Å²) in [5, 5.41) is 0.0964. The van der Waals surface area contributed by atoms with Crippen molar-refractivity contribution >= 4 is 14.1 Å². The van der Waals surface area contributed by atoms with Crippen LogP contribution >= 0.6 is 0 Å². The van der Waals surface area contributed by atoms with E-state index in [0.717, 1.165) is 11.1 Å². The molecule has 23 heavy (non-hydrogen) atoms. The van der Waals surface area contributed by atoms with Crippen LogP contribution in [0.25, 0.3) is 11.1 Å². The molecule has 0 heterocycles. The molecule has 0 aliphatic heterocycles. The summed E-state index contributed by atoms with van der Waals surface area (Å²) in [5.41, 5.74) is 2.81. The molecule has 0 fully saturated rings. The van der Waals surface area contributed by atoms with Crippen molar-refractivity contribution in [3.8, 4) is 16.9 Å². The van der Waals surface area contributed by atoms with Crippen LogP contribution in [0.15, 0.2) is 48.5 Å². The Labute approximate surface area is 140 Å². The van der Waals surface area contributed by atoms with Crippen molar-refractivity contribution in [1.82, 2.24) is 0 Å². The van der Waals surface area contributed by atoms with Crippen molar-refractivity contribution in [2.75, 3.05) is 0 Å². The minimum atomic E-state index is -1.97. The predicted molar refractivity (Wildman–Crippen MR) is 99.7 cm³/mol. The molecule has 0 spiro atoms. The number of rotatable bonds is 4. The Morgan fingerprint density at radius 2 is 1.57 bits per heavy atom. The largest absolute Gasteiger partial charge is 0.543 e. The molecule has 0 unspecified atom stereocenters. The molecule has 0 atom stereocenters. The van der Waals surface area contributed by atoms with Gasteiger partial charge in [-0.05, 0) is 48.3 Å². The van der Waals surface area contributed by atoms with E-state index in [9.17, 15) is 4.79 Å². The first-order chi connectivity index (χ1) is 10.6. The minimum absolute atomic E-state index is 0.0384. The zero-order valence-electron chi connectivity index (χ0n) is 14.9. The average Bonchev–Trinajstić information content (AvgIpc) is 2.46. The molecule has 2 aromatic rings. The molecule has 0 saturated heterocycles. The normalized spacial score (nSPS) is 12.1. The van der Waals surface area contributed by atoms with Crippen molar-refractivity contribution in [3.63, 3.8) is 0 Å². The lowest BCUT2D eigenvalue weighted by atomic mass is 10.0. The van der Waals surface area contributed by atoms with Crippen molar-refractivity contribution in [2.45, 2.75) is 45.8 Å². The molecule has 2 rings (SSSR count). The number of ketones is 1. The molecule has 0 radical (unpaired) electrons. The summed E-state index contributed by atoms with van der Waals surface area (Å²) in [6, 6.07) is 16.0. The van der Waals surface area contributed by atoms with Crippen LogP contribution < -0.4 is 4.43 Å². The lowest BCUT2D eigenvalue weighted by molar-refractivity contribution is 0.101. The summed E-state index contributed by atoms with van der Waals surface area (Å²) in [6.45, 7) is 12.6. The minimum Gasteiger partial charge on any atom is -0.543 e. The van der Waals surface area contributed by atoms with Gasteiger partial charge in [0.2, 0.25) is 0 Å². The molecule has 0 aliphatic rings. The highest BCUT2D eigenvalue weighted by molar-refractivity contribution is 6.74. The molecule has 0 amide bonds. The van der Waals surface area contributed by atoms with Crippen LogP contribution in [0.1, 0.15) is 38.1 Å². The second kappa shape index (κ2) is 6.32. The number of carbonyl (C=O) groups excluding carboxylic acids is 1. The maximum Gasteiger partial charge on any atom is 0.250 e. The van der Waals surface area contributed by atoms with E-state index in [1.807, 2.05) is 48.5 Å². The zero-order valence-corrected chi connectivity index (χ0v) is 15.9. The first kappa shape index (κ1) is 17.5. The highest BCUT2D eigenvalue weighted by Crippen LogP contribution is 2.39. The summed E-state index contributed by atoms with van der Waals surface area (Å²) in [6.07, 6.45) is 0. The smallest absolute Gasteiger partial charge is 0.250 e. The highest BCUT2D eigenvalue weighted by atomic mass is 28.4. The van der Waals surface area contributed by atoms with Gasteiger partial charge in [-0.15, -0.1) is 0 Å². The summed E-state index contributed by atoms with van der Waals surface area (Å²) >= 11 is 0. The van der Waals surface area contributed by atoms with Gasteiger partial charge in [0.15, 0.2) is 5.78 Å². The summed E-state index contributed by atoms with van der Waals surface area (Å²) in [5.74, 6) is 0.750. The SMILES string of the molecule is CC(=O)c1cc(-c2ccccc2)ccc1O[Si](C)(C)C(C)(C)C. The van der Waals surface area contributed by atoms with Gasteiger partial charge in [0.05, 0.1) is 5.56 Å². The molecule has 0 saturated carbocycles. The Bertz CT molecular complexity index is 697. The summed E-state index contributed by atoms with van der Waals surface area (Å²) < 4.78 is 6.37. The molecule has 0 aromatic heterocycles. The molecule has 0 aliphatic carbocycles. The Hall–Kier alpha value is -1.87. The van der Waals surface area contributed by atoms with Gasteiger partial charge in [-0.2, -0.15) is 0 Å². The highest BCUT2D eigenvalue weighted by Gasteiger charge is 2.39. The van der Waals surface area contributed by atoms with Crippen LogP contribution in [0.2, 0.25) is 18.1 Å². The van der Waals surface area contributed by atoms with Gasteiger partial charge in [0, 0.05) is 0 Å². The van der Waals surface area contributed by atoms with Crippen LogP contribution in [-0.2, 0) is 0 Å². The maximum atomic E-state index is 12.1. The van der Waals surface area contributed by atoms with Gasteiger partial charge < -0.3 is 4.43 Å². The summed E-state index contributed by atoms with van der Waals surface area (Å²) in [7, 11) is -1.97. The van der Waals surface area contributed by atoms with Crippen LogP contribution in [0, 0.1) is 0 Å². The first-order valence-corrected chi connectivity index (χ1v) is 10.9. The fraction of sp³-hybridized carbons (Fsp3) is 0.350. The van der Waals surface area contributed by atoms with Crippen LogP contribution in [0.5, 0.6) is 5.75 Å². The molecule has 0 N–H and O–H groups in total. The monoisotopic (exact) mass is 326 g/mol. The lowest BCUT2D eigenvalue weighted by Gasteiger charge is -2.37. The molecule has 2 aromatic carbocycles. The fourth-order valence-corrected chi connectivity index (χ4v) is 3.17. The van der Waals surface area contributed by atoms with Crippen LogP contribution in [0.4, 0.5) is 0 Å². The van der Waals surface area contributed by atoms with E-state index < -0.39 is 8.32 Å². The van der Waals surface area contributed by atoms with Gasteiger partial charge in [-0.25, -0.2) is 0 Å². The Balaban J connectivity index is 2.44. The second-order valence-electron chi connectivity index (χ2n) is 7.50. The van der Waals surface area contributed by atoms with E-state index in [2.05, 4.69) is 33.9 Å². The number of benzene rings is 2. The molecule has 122 valence electrons. The lowest BCUT2D eigenvalue weighted by Crippen LogP contribution is -2.44.